The minimum atomic E-state index is 0.133. The Morgan fingerprint density at radius 1 is 1.33 bits per heavy atom. The molecule has 1 fully saturated rings. The Morgan fingerprint density at radius 3 is 2.56 bits per heavy atom. The van der Waals surface area contributed by atoms with Crippen molar-refractivity contribution < 1.29 is 4.79 Å². The average molecular weight is 247 g/mol. The molecule has 1 aromatic carbocycles. The van der Waals surface area contributed by atoms with Gasteiger partial charge in [0.05, 0.1) is 0 Å². The number of hydrogen-bond donors (Lipinski definition) is 1. The lowest BCUT2D eigenvalue weighted by molar-refractivity contribution is 0.0709. The standard InChI is InChI=1S/C14H21N3O/c1-11-10-17(9-8-15-11)14(18)12-4-6-13(7-5-12)16(2)3/h4-7,11,15H,8-10H2,1-3H3/t11-/m0/s1. The van der Waals surface area contributed by atoms with Crippen LogP contribution in [0.15, 0.2) is 24.3 Å². The van der Waals surface area contributed by atoms with Gasteiger partial charge < -0.3 is 15.1 Å². The van der Waals surface area contributed by atoms with Crippen molar-refractivity contribution in [3.8, 4) is 0 Å². The normalized spacial score (nSPS) is 19.7. The van der Waals surface area contributed by atoms with E-state index in [0.29, 0.717) is 6.04 Å². The first kappa shape index (κ1) is 12.9. The van der Waals surface area contributed by atoms with Crippen molar-refractivity contribution in [1.82, 2.24) is 10.2 Å². The van der Waals surface area contributed by atoms with Crippen LogP contribution in [-0.4, -0.2) is 50.6 Å². The van der Waals surface area contributed by atoms with Gasteiger partial charge in [-0.15, -0.1) is 0 Å². The summed E-state index contributed by atoms with van der Waals surface area (Å²) >= 11 is 0. The Hall–Kier alpha value is -1.55. The predicted octanol–water partition coefficient (Wildman–Crippen LogP) is 1.19. The molecule has 1 aromatic rings. The van der Waals surface area contributed by atoms with Gasteiger partial charge >= 0.3 is 0 Å². The molecule has 1 amide bonds. The Balaban J connectivity index is 2.08. The number of rotatable bonds is 2. The summed E-state index contributed by atoms with van der Waals surface area (Å²) in [6, 6.07) is 8.16. The second-order valence-corrected chi connectivity index (χ2v) is 5.05. The summed E-state index contributed by atoms with van der Waals surface area (Å²) in [5.74, 6) is 0.133. The van der Waals surface area contributed by atoms with Gasteiger partial charge in [-0.1, -0.05) is 0 Å². The zero-order valence-electron chi connectivity index (χ0n) is 11.3. The first-order valence-electron chi connectivity index (χ1n) is 6.38. The topological polar surface area (TPSA) is 35.6 Å². The largest absolute Gasteiger partial charge is 0.378 e. The van der Waals surface area contributed by atoms with E-state index in [1.807, 2.05) is 48.2 Å². The predicted molar refractivity (Wildman–Crippen MR) is 74.1 cm³/mol. The number of carbonyl (C=O) groups is 1. The summed E-state index contributed by atoms with van der Waals surface area (Å²) in [5.41, 5.74) is 1.88. The van der Waals surface area contributed by atoms with Crippen LogP contribution in [0.4, 0.5) is 5.69 Å². The molecule has 4 nitrogen and oxygen atoms in total. The molecule has 1 N–H and O–H groups in total. The summed E-state index contributed by atoms with van der Waals surface area (Å²) in [4.78, 5) is 16.3. The number of anilines is 1. The summed E-state index contributed by atoms with van der Waals surface area (Å²) < 4.78 is 0. The molecule has 18 heavy (non-hydrogen) atoms. The smallest absolute Gasteiger partial charge is 0.253 e. The molecule has 98 valence electrons. The van der Waals surface area contributed by atoms with Crippen LogP contribution in [-0.2, 0) is 0 Å². The highest BCUT2D eigenvalue weighted by Crippen LogP contribution is 2.14. The van der Waals surface area contributed by atoms with Crippen LogP contribution in [0.2, 0.25) is 0 Å². The van der Waals surface area contributed by atoms with Gasteiger partial charge in [0, 0.05) is 51.0 Å². The molecule has 4 heteroatoms. The van der Waals surface area contributed by atoms with Crippen LogP contribution in [0.5, 0.6) is 0 Å². The lowest BCUT2D eigenvalue weighted by Gasteiger charge is -2.32. The monoisotopic (exact) mass is 247 g/mol. The molecule has 1 saturated heterocycles. The van der Waals surface area contributed by atoms with Crippen molar-refractivity contribution in [2.75, 3.05) is 38.6 Å². The Morgan fingerprint density at radius 2 is 2.00 bits per heavy atom. The summed E-state index contributed by atoms with van der Waals surface area (Å²) in [6.45, 7) is 4.56. The molecule has 0 aromatic heterocycles. The third kappa shape index (κ3) is 2.82. The second-order valence-electron chi connectivity index (χ2n) is 5.05. The molecule has 1 aliphatic heterocycles. The lowest BCUT2D eigenvalue weighted by atomic mass is 10.1. The molecule has 2 rings (SSSR count). The van der Waals surface area contributed by atoms with Crippen molar-refractivity contribution in [1.29, 1.82) is 0 Å². The summed E-state index contributed by atoms with van der Waals surface area (Å²) in [7, 11) is 3.99. The molecule has 0 bridgehead atoms. The van der Waals surface area contributed by atoms with Crippen molar-refractivity contribution >= 4 is 11.6 Å². The summed E-state index contributed by atoms with van der Waals surface area (Å²) in [6.07, 6.45) is 0. The van der Waals surface area contributed by atoms with Crippen molar-refractivity contribution in [3.05, 3.63) is 29.8 Å². The molecule has 0 unspecified atom stereocenters. The zero-order chi connectivity index (χ0) is 13.1. The molecule has 1 aliphatic rings. The number of amides is 1. The first-order valence-corrected chi connectivity index (χ1v) is 6.38. The van der Waals surface area contributed by atoms with Crippen LogP contribution >= 0.6 is 0 Å². The molecular weight excluding hydrogens is 226 g/mol. The minimum Gasteiger partial charge on any atom is -0.378 e. The average Bonchev–Trinajstić information content (AvgIpc) is 2.38. The molecule has 1 atom stereocenters. The maximum atomic E-state index is 12.3. The number of benzene rings is 1. The van der Waals surface area contributed by atoms with Crippen LogP contribution in [0.1, 0.15) is 17.3 Å². The van der Waals surface area contributed by atoms with E-state index < -0.39 is 0 Å². The summed E-state index contributed by atoms with van der Waals surface area (Å²) in [5, 5.41) is 3.34. The van der Waals surface area contributed by atoms with Crippen LogP contribution in [0.3, 0.4) is 0 Å². The number of piperazine rings is 1. The van der Waals surface area contributed by atoms with Gasteiger partial charge in [-0.3, -0.25) is 4.79 Å². The molecule has 0 spiro atoms. The SMILES string of the molecule is C[C@H]1CN(C(=O)c2ccc(N(C)C)cc2)CCN1. The minimum absolute atomic E-state index is 0.133. The maximum absolute atomic E-state index is 12.3. The fraction of sp³-hybridized carbons (Fsp3) is 0.500. The molecule has 0 saturated carbocycles. The van der Waals surface area contributed by atoms with E-state index in [2.05, 4.69) is 12.2 Å². The zero-order valence-corrected chi connectivity index (χ0v) is 11.3. The Bertz CT molecular complexity index is 414. The quantitative estimate of drug-likeness (QED) is 0.852. The highest BCUT2D eigenvalue weighted by atomic mass is 16.2. The van der Waals surface area contributed by atoms with Crippen LogP contribution in [0, 0.1) is 0 Å². The highest BCUT2D eigenvalue weighted by Gasteiger charge is 2.21. The first-order chi connectivity index (χ1) is 8.58. The Kier molecular flexibility index (Phi) is 3.87. The third-order valence-corrected chi connectivity index (χ3v) is 3.29. The van der Waals surface area contributed by atoms with E-state index in [1.54, 1.807) is 0 Å². The van der Waals surface area contributed by atoms with Gasteiger partial charge in [0.2, 0.25) is 0 Å². The number of carbonyl (C=O) groups excluding carboxylic acids is 1. The highest BCUT2D eigenvalue weighted by molar-refractivity contribution is 5.94. The second kappa shape index (κ2) is 5.40. The van der Waals surface area contributed by atoms with Crippen molar-refractivity contribution in [3.63, 3.8) is 0 Å². The number of nitrogens with zero attached hydrogens (tertiary/aromatic N) is 2. The van der Waals surface area contributed by atoms with Crippen molar-refractivity contribution in [2.45, 2.75) is 13.0 Å². The van der Waals surface area contributed by atoms with E-state index in [4.69, 9.17) is 0 Å². The Labute approximate surface area is 109 Å². The van der Waals surface area contributed by atoms with Gasteiger partial charge in [-0.05, 0) is 31.2 Å². The van der Waals surface area contributed by atoms with Gasteiger partial charge in [0.15, 0.2) is 0 Å². The van der Waals surface area contributed by atoms with Gasteiger partial charge in [-0.2, -0.15) is 0 Å². The fourth-order valence-electron chi connectivity index (χ4n) is 2.20. The number of nitrogens with one attached hydrogen (secondary N) is 1. The molecule has 0 radical (unpaired) electrons. The van der Waals surface area contributed by atoms with E-state index in [1.165, 1.54) is 0 Å². The van der Waals surface area contributed by atoms with Gasteiger partial charge in [0.25, 0.3) is 5.91 Å². The van der Waals surface area contributed by atoms with Gasteiger partial charge in [0.1, 0.15) is 0 Å². The van der Waals surface area contributed by atoms with E-state index in [9.17, 15) is 4.79 Å². The van der Waals surface area contributed by atoms with Crippen molar-refractivity contribution in [2.24, 2.45) is 0 Å². The van der Waals surface area contributed by atoms with Crippen LogP contribution < -0.4 is 10.2 Å². The van der Waals surface area contributed by atoms with Gasteiger partial charge in [-0.25, -0.2) is 0 Å². The van der Waals surface area contributed by atoms with E-state index in [0.717, 1.165) is 30.9 Å². The van der Waals surface area contributed by atoms with Crippen LogP contribution in [0.25, 0.3) is 0 Å². The molecular formula is C14H21N3O. The number of hydrogen-bond acceptors (Lipinski definition) is 3. The molecule has 0 aliphatic carbocycles. The molecule has 1 heterocycles. The lowest BCUT2D eigenvalue weighted by Crippen LogP contribution is -2.51. The third-order valence-electron chi connectivity index (χ3n) is 3.29. The maximum Gasteiger partial charge on any atom is 0.253 e. The van der Waals surface area contributed by atoms with E-state index in [-0.39, 0.29) is 5.91 Å². The van der Waals surface area contributed by atoms with E-state index >= 15 is 0 Å². The fourth-order valence-corrected chi connectivity index (χ4v) is 2.20.